The number of aryl methyl sites for hydroxylation is 1. The molecule has 1 aliphatic heterocycles. The van der Waals surface area contributed by atoms with E-state index in [1.54, 1.807) is 0 Å². The smallest absolute Gasteiger partial charge is 0.245 e. The molecule has 106 valence electrons. The lowest BCUT2D eigenvalue weighted by Gasteiger charge is -2.30. The lowest BCUT2D eigenvalue weighted by molar-refractivity contribution is 0.480. The summed E-state index contributed by atoms with van der Waals surface area (Å²) in [5.41, 5.74) is 1.94. The van der Waals surface area contributed by atoms with E-state index in [0.717, 1.165) is 47.6 Å². The molecule has 0 saturated carbocycles. The van der Waals surface area contributed by atoms with E-state index in [1.807, 2.05) is 25.1 Å². The van der Waals surface area contributed by atoms with Crippen molar-refractivity contribution in [3.63, 3.8) is 0 Å². The van der Waals surface area contributed by atoms with Gasteiger partial charge >= 0.3 is 0 Å². The first kappa shape index (κ1) is 13.4. The average molecular weight is 292 g/mol. The molecule has 1 aromatic carbocycles. The summed E-state index contributed by atoms with van der Waals surface area (Å²) in [7, 11) is 0. The van der Waals surface area contributed by atoms with E-state index >= 15 is 0 Å². The molecule has 0 bridgehead atoms. The van der Waals surface area contributed by atoms with Gasteiger partial charge in [0.2, 0.25) is 5.95 Å². The van der Waals surface area contributed by atoms with Crippen LogP contribution in [0.2, 0.25) is 5.02 Å². The molecule has 0 amide bonds. The maximum absolute atomic E-state index is 6.33. The summed E-state index contributed by atoms with van der Waals surface area (Å²) in [6, 6.07) is 6.38. The number of rotatable bonds is 2. The normalized spacial score (nSPS) is 19.4. The van der Waals surface area contributed by atoms with E-state index in [9.17, 15) is 0 Å². The number of hydrogen-bond acceptors (Lipinski definition) is 4. The molecule has 1 aliphatic rings. The van der Waals surface area contributed by atoms with Crippen molar-refractivity contribution in [1.29, 1.82) is 0 Å². The quantitative estimate of drug-likeness (QED) is 0.891. The fourth-order valence-corrected chi connectivity index (χ4v) is 2.67. The fourth-order valence-electron chi connectivity index (χ4n) is 2.46. The van der Waals surface area contributed by atoms with Crippen molar-refractivity contribution in [2.45, 2.75) is 19.9 Å². The third kappa shape index (κ3) is 2.51. The first-order chi connectivity index (χ1) is 9.65. The Morgan fingerprint density at radius 2 is 2.25 bits per heavy atom. The van der Waals surface area contributed by atoms with Gasteiger partial charge in [-0.05, 0) is 25.5 Å². The first-order valence-electron chi connectivity index (χ1n) is 6.81. The highest BCUT2D eigenvalue weighted by Gasteiger charge is 2.20. The van der Waals surface area contributed by atoms with Gasteiger partial charge in [0.05, 0.1) is 5.02 Å². The van der Waals surface area contributed by atoms with Gasteiger partial charge in [-0.15, -0.1) is 5.10 Å². The molecule has 1 aromatic heterocycles. The molecular weight excluding hydrogens is 274 g/mol. The number of halogens is 1. The molecule has 5 nitrogen and oxygen atoms in total. The van der Waals surface area contributed by atoms with E-state index < -0.39 is 0 Å². The van der Waals surface area contributed by atoms with Crippen LogP contribution in [0.15, 0.2) is 18.2 Å². The summed E-state index contributed by atoms with van der Waals surface area (Å²) in [4.78, 5) is 6.77. The largest absolute Gasteiger partial charge is 0.337 e. The van der Waals surface area contributed by atoms with Crippen molar-refractivity contribution in [2.24, 2.45) is 0 Å². The first-order valence-corrected chi connectivity index (χ1v) is 7.19. The topological polar surface area (TPSA) is 56.8 Å². The maximum Gasteiger partial charge on any atom is 0.245 e. The van der Waals surface area contributed by atoms with Gasteiger partial charge in [0, 0.05) is 31.2 Å². The highest BCUT2D eigenvalue weighted by Crippen LogP contribution is 2.28. The second-order valence-corrected chi connectivity index (χ2v) is 5.60. The molecule has 1 atom stereocenters. The van der Waals surface area contributed by atoms with Gasteiger partial charge < -0.3 is 10.2 Å². The van der Waals surface area contributed by atoms with Crippen molar-refractivity contribution < 1.29 is 0 Å². The number of aromatic amines is 1. The van der Waals surface area contributed by atoms with Crippen LogP contribution in [-0.4, -0.2) is 40.9 Å². The van der Waals surface area contributed by atoms with Gasteiger partial charge in [0.25, 0.3) is 0 Å². The van der Waals surface area contributed by atoms with E-state index in [4.69, 9.17) is 11.6 Å². The van der Waals surface area contributed by atoms with Gasteiger partial charge in [-0.2, -0.15) is 4.98 Å². The molecule has 1 fully saturated rings. The lowest BCUT2D eigenvalue weighted by Crippen LogP contribution is -2.49. The fraction of sp³-hybridized carbons (Fsp3) is 0.429. The predicted molar refractivity (Wildman–Crippen MR) is 81.2 cm³/mol. The number of H-pyrrole nitrogens is 1. The van der Waals surface area contributed by atoms with E-state index in [-0.39, 0.29) is 0 Å². The molecule has 3 rings (SSSR count). The Bertz CT molecular complexity index is 609. The average Bonchev–Trinajstić information content (AvgIpc) is 2.91. The van der Waals surface area contributed by atoms with Crippen LogP contribution in [0.1, 0.15) is 12.5 Å². The number of benzene rings is 1. The minimum Gasteiger partial charge on any atom is -0.337 e. The monoisotopic (exact) mass is 291 g/mol. The standard InChI is InChI=1S/C14H18ClN5/c1-9-4-3-5-11(12(9)15)13-17-14(19-18-13)20-7-6-16-10(2)8-20/h3-5,10,16H,6-8H2,1-2H3,(H,17,18,19)/t10-/m1/s1. The summed E-state index contributed by atoms with van der Waals surface area (Å²) < 4.78 is 0. The van der Waals surface area contributed by atoms with Crippen LogP contribution in [0, 0.1) is 6.92 Å². The zero-order valence-corrected chi connectivity index (χ0v) is 12.4. The van der Waals surface area contributed by atoms with Crippen LogP contribution in [0.25, 0.3) is 11.4 Å². The Kier molecular flexibility index (Phi) is 3.63. The molecular formula is C14H18ClN5. The van der Waals surface area contributed by atoms with E-state index in [0.29, 0.717) is 6.04 Å². The second kappa shape index (κ2) is 5.42. The summed E-state index contributed by atoms with van der Waals surface area (Å²) in [5, 5.41) is 11.5. The van der Waals surface area contributed by atoms with Gasteiger partial charge in [-0.1, -0.05) is 23.7 Å². The van der Waals surface area contributed by atoms with Crippen molar-refractivity contribution in [1.82, 2.24) is 20.5 Å². The van der Waals surface area contributed by atoms with E-state index in [1.165, 1.54) is 0 Å². The van der Waals surface area contributed by atoms with Crippen LogP contribution < -0.4 is 10.2 Å². The number of aromatic nitrogens is 3. The van der Waals surface area contributed by atoms with Crippen LogP contribution in [-0.2, 0) is 0 Å². The second-order valence-electron chi connectivity index (χ2n) is 5.22. The highest BCUT2D eigenvalue weighted by molar-refractivity contribution is 6.33. The Morgan fingerprint density at radius 3 is 3.05 bits per heavy atom. The van der Waals surface area contributed by atoms with E-state index in [2.05, 4.69) is 32.3 Å². The molecule has 2 aromatic rings. The number of nitrogens with zero attached hydrogens (tertiary/aromatic N) is 3. The SMILES string of the molecule is Cc1cccc(-c2nc(N3CCN[C@H](C)C3)n[nH]2)c1Cl. The molecule has 0 unspecified atom stereocenters. The summed E-state index contributed by atoms with van der Waals surface area (Å²) in [5.74, 6) is 1.46. The molecule has 2 heterocycles. The van der Waals surface area contributed by atoms with Gasteiger partial charge in [-0.25, -0.2) is 0 Å². The van der Waals surface area contributed by atoms with Gasteiger partial charge in [0.1, 0.15) is 0 Å². The Hall–Kier alpha value is -1.59. The van der Waals surface area contributed by atoms with Crippen LogP contribution in [0.4, 0.5) is 5.95 Å². The van der Waals surface area contributed by atoms with Crippen LogP contribution in [0.5, 0.6) is 0 Å². The Morgan fingerprint density at radius 1 is 1.40 bits per heavy atom. The third-order valence-corrected chi connectivity index (χ3v) is 4.07. The molecule has 0 spiro atoms. The summed E-state index contributed by atoms with van der Waals surface area (Å²) in [6.45, 7) is 6.94. The third-order valence-electron chi connectivity index (χ3n) is 3.57. The summed E-state index contributed by atoms with van der Waals surface area (Å²) >= 11 is 6.33. The number of anilines is 1. The number of piperazine rings is 1. The Balaban J connectivity index is 1.88. The molecule has 2 N–H and O–H groups in total. The number of nitrogens with one attached hydrogen (secondary N) is 2. The van der Waals surface area contributed by atoms with Gasteiger partial charge in [0.15, 0.2) is 5.82 Å². The zero-order valence-electron chi connectivity index (χ0n) is 11.7. The van der Waals surface area contributed by atoms with Crippen LogP contribution in [0.3, 0.4) is 0 Å². The van der Waals surface area contributed by atoms with Crippen LogP contribution >= 0.6 is 11.6 Å². The molecule has 1 saturated heterocycles. The van der Waals surface area contributed by atoms with Gasteiger partial charge in [-0.3, -0.25) is 5.10 Å². The highest BCUT2D eigenvalue weighted by atomic mass is 35.5. The zero-order chi connectivity index (χ0) is 14.1. The molecule has 0 aliphatic carbocycles. The van der Waals surface area contributed by atoms with Crippen molar-refractivity contribution in [2.75, 3.05) is 24.5 Å². The molecule has 20 heavy (non-hydrogen) atoms. The predicted octanol–water partition coefficient (Wildman–Crippen LogP) is 2.23. The number of hydrogen-bond donors (Lipinski definition) is 2. The molecule has 6 heteroatoms. The minimum absolute atomic E-state index is 0.452. The maximum atomic E-state index is 6.33. The Labute approximate surface area is 123 Å². The van der Waals surface area contributed by atoms with Crippen molar-refractivity contribution in [3.8, 4) is 11.4 Å². The van der Waals surface area contributed by atoms with Crippen molar-refractivity contribution >= 4 is 17.5 Å². The van der Waals surface area contributed by atoms with Crippen molar-refractivity contribution in [3.05, 3.63) is 28.8 Å². The lowest BCUT2D eigenvalue weighted by atomic mass is 10.1. The summed E-state index contributed by atoms with van der Waals surface area (Å²) in [6.07, 6.45) is 0. The molecule has 0 radical (unpaired) electrons. The minimum atomic E-state index is 0.452.